The van der Waals surface area contributed by atoms with Crippen LogP contribution in [0.1, 0.15) is 65.2 Å². The minimum atomic E-state index is -2.66. The van der Waals surface area contributed by atoms with Crippen molar-refractivity contribution in [1.29, 1.82) is 0 Å². The van der Waals surface area contributed by atoms with Crippen LogP contribution in [0.4, 0.5) is 0 Å². The van der Waals surface area contributed by atoms with Gasteiger partial charge in [0.15, 0.2) is 0 Å². The fourth-order valence-electron chi connectivity index (χ4n) is 3.51. The van der Waals surface area contributed by atoms with E-state index in [2.05, 4.69) is 74.2 Å². The van der Waals surface area contributed by atoms with Crippen molar-refractivity contribution < 1.29 is 8.85 Å². The Balaban J connectivity index is 1.87. The molecule has 2 rings (SSSR count). The Kier molecular flexibility index (Phi) is 11.4. The molecule has 156 valence electrons. The van der Waals surface area contributed by atoms with Gasteiger partial charge in [-0.1, -0.05) is 93.3 Å². The first-order valence-electron chi connectivity index (χ1n) is 11.2. The highest BCUT2D eigenvalue weighted by atomic mass is 28.4. The van der Waals surface area contributed by atoms with Crippen LogP contribution in [0.25, 0.3) is 0 Å². The number of unbranched alkanes of at least 4 members (excludes halogenated alkanes) is 6. The van der Waals surface area contributed by atoms with Gasteiger partial charge in [-0.15, -0.1) is 11.8 Å². The molecule has 0 radical (unpaired) electrons. The lowest BCUT2D eigenvalue weighted by atomic mass is 10.1. The summed E-state index contributed by atoms with van der Waals surface area (Å²) in [6.07, 6.45) is 9.38. The van der Waals surface area contributed by atoms with Gasteiger partial charge in [0.1, 0.15) is 0 Å². The van der Waals surface area contributed by atoms with Gasteiger partial charge in [0.05, 0.1) is 0 Å². The summed E-state index contributed by atoms with van der Waals surface area (Å²) < 4.78 is 13.0. The first-order chi connectivity index (χ1) is 14.3. The molecule has 2 aromatic rings. The maximum Gasteiger partial charge on any atom is 0.407 e. The minimum absolute atomic E-state index is 0.650. The molecule has 0 unspecified atom stereocenters. The zero-order valence-corrected chi connectivity index (χ0v) is 19.2. The Hall–Kier alpha value is -1.86. The Morgan fingerprint density at radius 3 is 1.76 bits per heavy atom. The Bertz CT molecular complexity index is 679. The van der Waals surface area contributed by atoms with Gasteiger partial charge in [0.25, 0.3) is 0 Å². The van der Waals surface area contributed by atoms with Gasteiger partial charge in [-0.25, -0.2) is 0 Å². The summed E-state index contributed by atoms with van der Waals surface area (Å²) >= 11 is 0. The van der Waals surface area contributed by atoms with Gasteiger partial charge >= 0.3 is 8.56 Å². The molecule has 0 bridgehead atoms. The van der Waals surface area contributed by atoms with E-state index in [1.165, 1.54) is 42.5 Å². The molecule has 0 aromatic heterocycles. The van der Waals surface area contributed by atoms with E-state index in [0.29, 0.717) is 6.61 Å². The van der Waals surface area contributed by atoms with E-state index >= 15 is 0 Å². The molecule has 2 aromatic carbocycles. The van der Waals surface area contributed by atoms with Gasteiger partial charge in [-0.05, 0) is 30.1 Å². The van der Waals surface area contributed by atoms with Crippen molar-refractivity contribution in [2.24, 2.45) is 0 Å². The van der Waals surface area contributed by atoms with E-state index in [4.69, 9.17) is 8.85 Å². The van der Waals surface area contributed by atoms with Crippen molar-refractivity contribution in [2.75, 3.05) is 13.2 Å². The molecular formula is C26H36O2Si. The highest BCUT2D eigenvalue weighted by Crippen LogP contribution is 2.13. The van der Waals surface area contributed by atoms with Crippen molar-refractivity contribution in [3.8, 4) is 11.8 Å². The largest absolute Gasteiger partial charge is 0.407 e. The number of benzene rings is 2. The van der Waals surface area contributed by atoms with Gasteiger partial charge in [-0.2, -0.15) is 0 Å². The molecule has 0 aliphatic carbocycles. The molecule has 2 nitrogen and oxygen atoms in total. The number of hydrogen-bond donors (Lipinski definition) is 0. The van der Waals surface area contributed by atoms with Crippen LogP contribution in [-0.4, -0.2) is 21.8 Å². The van der Waals surface area contributed by atoms with E-state index in [9.17, 15) is 0 Å². The zero-order valence-electron chi connectivity index (χ0n) is 18.2. The van der Waals surface area contributed by atoms with Crippen molar-refractivity contribution in [2.45, 2.75) is 65.2 Å². The minimum Gasteiger partial charge on any atom is -0.388 e. The van der Waals surface area contributed by atoms with Crippen LogP contribution >= 0.6 is 0 Å². The maximum atomic E-state index is 6.61. The summed E-state index contributed by atoms with van der Waals surface area (Å²) in [6.45, 7) is 5.56. The predicted molar refractivity (Wildman–Crippen MR) is 126 cm³/mol. The molecule has 0 fully saturated rings. The van der Waals surface area contributed by atoms with E-state index in [1.807, 2.05) is 12.1 Å². The van der Waals surface area contributed by atoms with Crippen LogP contribution in [0.5, 0.6) is 0 Å². The Morgan fingerprint density at radius 2 is 1.21 bits per heavy atom. The topological polar surface area (TPSA) is 18.5 Å². The van der Waals surface area contributed by atoms with Gasteiger partial charge < -0.3 is 8.85 Å². The van der Waals surface area contributed by atoms with E-state index in [-0.39, 0.29) is 0 Å². The molecule has 0 spiro atoms. The van der Waals surface area contributed by atoms with Crippen LogP contribution < -0.4 is 10.4 Å². The molecule has 0 heterocycles. The van der Waals surface area contributed by atoms with E-state index < -0.39 is 8.56 Å². The van der Waals surface area contributed by atoms with Crippen LogP contribution in [-0.2, 0) is 8.85 Å². The second-order valence-corrected chi connectivity index (χ2v) is 10.2. The van der Waals surface area contributed by atoms with Crippen LogP contribution in [0, 0.1) is 11.8 Å². The van der Waals surface area contributed by atoms with Crippen molar-refractivity contribution in [3.05, 3.63) is 60.7 Å². The lowest BCUT2D eigenvalue weighted by Crippen LogP contribution is -2.63. The molecule has 3 heteroatoms. The summed E-state index contributed by atoms with van der Waals surface area (Å²) in [7, 11) is -2.66. The lowest BCUT2D eigenvalue weighted by Gasteiger charge is -2.31. The average molecular weight is 409 g/mol. The standard InChI is InChI=1S/C26H36O2Si/c1-3-5-6-7-8-9-10-11-12-19-24-28-29(27-4-2,25-20-15-13-16-21-25)26-22-17-14-18-23-26/h13-18,20-23H,3-4,7-12,19,24H2,1-2H3. The molecule has 0 N–H and O–H groups in total. The molecule has 0 aliphatic rings. The summed E-state index contributed by atoms with van der Waals surface area (Å²) in [5, 5.41) is 2.36. The molecular weight excluding hydrogens is 372 g/mol. The predicted octanol–water partition coefficient (Wildman–Crippen LogP) is 5.44. The second-order valence-electron chi connectivity index (χ2n) is 7.21. The number of rotatable bonds is 13. The first kappa shape index (κ1) is 23.4. The number of hydrogen-bond acceptors (Lipinski definition) is 2. The Morgan fingerprint density at radius 1 is 0.655 bits per heavy atom. The molecule has 0 saturated carbocycles. The first-order valence-corrected chi connectivity index (χ1v) is 13.0. The SMILES string of the molecule is CCC#CCCCCCCCCO[Si](OCC)(c1ccccc1)c1ccccc1. The van der Waals surface area contributed by atoms with Crippen LogP contribution in [0.3, 0.4) is 0 Å². The van der Waals surface area contributed by atoms with Crippen molar-refractivity contribution >= 4 is 18.9 Å². The fourth-order valence-corrected chi connectivity index (χ4v) is 6.70. The molecule has 0 amide bonds. The van der Waals surface area contributed by atoms with Crippen LogP contribution in [0.15, 0.2) is 60.7 Å². The fraction of sp³-hybridized carbons (Fsp3) is 0.462. The highest BCUT2D eigenvalue weighted by molar-refractivity contribution is 6.92. The smallest absolute Gasteiger partial charge is 0.388 e. The van der Waals surface area contributed by atoms with E-state index in [1.54, 1.807) is 0 Å². The third-order valence-corrected chi connectivity index (χ3v) is 8.45. The quantitative estimate of drug-likeness (QED) is 0.250. The second kappa shape index (κ2) is 14.2. The average Bonchev–Trinajstić information content (AvgIpc) is 2.78. The molecule has 0 atom stereocenters. The molecule has 0 saturated heterocycles. The van der Waals surface area contributed by atoms with Gasteiger partial charge in [-0.3, -0.25) is 0 Å². The zero-order chi connectivity index (χ0) is 20.6. The highest BCUT2D eigenvalue weighted by Gasteiger charge is 2.42. The van der Waals surface area contributed by atoms with Crippen molar-refractivity contribution in [1.82, 2.24) is 0 Å². The summed E-state index contributed by atoms with van der Waals surface area (Å²) in [6, 6.07) is 21.0. The van der Waals surface area contributed by atoms with Crippen LogP contribution in [0.2, 0.25) is 0 Å². The van der Waals surface area contributed by atoms with Gasteiger partial charge in [0.2, 0.25) is 0 Å². The van der Waals surface area contributed by atoms with Gasteiger partial charge in [0, 0.05) is 26.1 Å². The third kappa shape index (κ3) is 7.82. The normalized spacial score (nSPS) is 11.1. The maximum absolute atomic E-state index is 6.61. The summed E-state index contributed by atoms with van der Waals surface area (Å²) in [4.78, 5) is 0. The van der Waals surface area contributed by atoms with Crippen molar-refractivity contribution in [3.63, 3.8) is 0 Å². The molecule has 0 aliphatic heterocycles. The Labute approximate surface area is 178 Å². The lowest BCUT2D eigenvalue weighted by molar-refractivity contribution is 0.195. The third-order valence-electron chi connectivity index (χ3n) is 4.96. The van der Waals surface area contributed by atoms with E-state index in [0.717, 1.165) is 25.9 Å². The molecule has 29 heavy (non-hydrogen) atoms. The summed E-state index contributed by atoms with van der Waals surface area (Å²) in [5.41, 5.74) is 0. The summed E-state index contributed by atoms with van der Waals surface area (Å²) in [5.74, 6) is 6.37. The monoisotopic (exact) mass is 408 g/mol.